The summed E-state index contributed by atoms with van der Waals surface area (Å²) in [4.78, 5) is 36.1. The van der Waals surface area contributed by atoms with E-state index in [9.17, 15) is 9.59 Å². The minimum Gasteiger partial charge on any atom is -0.481 e. The number of carboxylic acids is 2. The third kappa shape index (κ3) is 2.94. The van der Waals surface area contributed by atoms with E-state index < -0.39 is 18.0 Å². The summed E-state index contributed by atoms with van der Waals surface area (Å²) in [5.41, 5.74) is 0.879. The van der Waals surface area contributed by atoms with E-state index in [2.05, 4.69) is 25.3 Å². The Morgan fingerprint density at radius 3 is 2.79 bits per heavy atom. The summed E-state index contributed by atoms with van der Waals surface area (Å²) < 4.78 is 0. The number of hydrogen-bond acceptors (Lipinski definition) is 6. The summed E-state index contributed by atoms with van der Waals surface area (Å²) in [6.45, 7) is 0. The first-order chi connectivity index (χ1) is 9.08. The second-order valence-corrected chi connectivity index (χ2v) is 3.79. The molecule has 4 N–H and O–H groups in total. The van der Waals surface area contributed by atoms with Crippen LogP contribution < -0.4 is 5.32 Å². The number of nitrogens with zero attached hydrogens (tertiary/aromatic N) is 3. The van der Waals surface area contributed by atoms with Crippen molar-refractivity contribution >= 4 is 28.9 Å². The van der Waals surface area contributed by atoms with Gasteiger partial charge in [0.05, 0.1) is 6.33 Å². The Morgan fingerprint density at radius 1 is 1.32 bits per heavy atom. The number of hydrogen-bond donors (Lipinski definition) is 4. The van der Waals surface area contributed by atoms with E-state index in [0.717, 1.165) is 0 Å². The van der Waals surface area contributed by atoms with Crippen LogP contribution in [-0.4, -0.2) is 48.1 Å². The van der Waals surface area contributed by atoms with Crippen LogP contribution in [0.15, 0.2) is 12.7 Å². The lowest BCUT2D eigenvalue weighted by Gasteiger charge is -2.14. The summed E-state index contributed by atoms with van der Waals surface area (Å²) >= 11 is 0. The number of anilines is 1. The molecular weight excluding hydrogens is 254 g/mol. The Kier molecular flexibility index (Phi) is 3.55. The van der Waals surface area contributed by atoms with Gasteiger partial charge in [-0.15, -0.1) is 0 Å². The van der Waals surface area contributed by atoms with Crippen molar-refractivity contribution in [1.82, 2.24) is 19.9 Å². The molecule has 0 fully saturated rings. The maximum Gasteiger partial charge on any atom is 0.326 e. The van der Waals surface area contributed by atoms with Crippen molar-refractivity contribution < 1.29 is 19.8 Å². The normalized spacial score (nSPS) is 12.2. The Bertz CT molecular complexity index is 611. The van der Waals surface area contributed by atoms with Crippen LogP contribution in [-0.2, 0) is 9.59 Å². The fraction of sp³-hybridized carbons (Fsp3) is 0.300. The number of H-pyrrole nitrogens is 1. The Balaban J connectivity index is 2.18. The summed E-state index contributed by atoms with van der Waals surface area (Å²) in [5.74, 6) is -1.92. The fourth-order valence-electron chi connectivity index (χ4n) is 1.56. The topological polar surface area (TPSA) is 141 Å². The molecule has 0 amide bonds. The van der Waals surface area contributed by atoms with Gasteiger partial charge in [-0.3, -0.25) is 4.79 Å². The van der Waals surface area contributed by atoms with Crippen LogP contribution in [0.5, 0.6) is 0 Å². The van der Waals surface area contributed by atoms with Crippen molar-refractivity contribution in [2.45, 2.75) is 18.9 Å². The number of aromatic amines is 1. The van der Waals surface area contributed by atoms with Gasteiger partial charge < -0.3 is 20.5 Å². The van der Waals surface area contributed by atoms with E-state index in [-0.39, 0.29) is 18.7 Å². The number of aromatic nitrogens is 4. The first kappa shape index (κ1) is 12.7. The van der Waals surface area contributed by atoms with Crippen molar-refractivity contribution in [3.8, 4) is 0 Å². The largest absolute Gasteiger partial charge is 0.481 e. The smallest absolute Gasteiger partial charge is 0.326 e. The zero-order chi connectivity index (χ0) is 13.8. The molecule has 100 valence electrons. The van der Waals surface area contributed by atoms with E-state index in [0.29, 0.717) is 11.2 Å². The van der Waals surface area contributed by atoms with Gasteiger partial charge in [-0.1, -0.05) is 0 Å². The van der Waals surface area contributed by atoms with Gasteiger partial charge in [0, 0.05) is 6.42 Å². The van der Waals surface area contributed by atoms with Crippen LogP contribution in [0.4, 0.5) is 5.82 Å². The average molecular weight is 265 g/mol. The molecule has 0 bridgehead atoms. The Hall–Kier alpha value is -2.71. The third-order valence-electron chi connectivity index (χ3n) is 2.48. The highest BCUT2D eigenvalue weighted by Gasteiger charge is 2.20. The van der Waals surface area contributed by atoms with Gasteiger partial charge in [0.2, 0.25) is 0 Å². The zero-order valence-corrected chi connectivity index (χ0v) is 9.70. The summed E-state index contributed by atoms with van der Waals surface area (Å²) in [5, 5.41) is 20.3. The molecule has 19 heavy (non-hydrogen) atoms. The molecule has 9 nitrogen and oxygen atoms in total. The molecular formula is C10H11N5O4. The van der Waals surface area contributed by atoms with Gasteiger partial charge in [0.25, 0.3) is 0 Å². The molecule has 0 spiro atoms. The van der Waals surface area contributed by atoms with Crippen LogP contribution in [0.3, 0.4) is 0 Å². The van der Waals surface area contributed by atoms with Crippen LogP contribution in [0.1, 0.15) is 12.8 Å². The highest BCUT2D eigenvalue weighted by Crippen LogP contribution is 2.16. The monoisotopic (exact) mass is 265 g/mol. The molecule has 2 heterocycles. The van der Waals surface area contributed by atoms with E-state index in [1.807, 2.05) is 0 Å². The molecule has 2 aromatic rings. The molecule has 0 aromatic carbocycles. The molecule has 0 aliphatic carbocycles. The van der Waals surface area contributed by atoms with Crippen molar-refractivity contribution in [2.75, 3.05) is 5.32 Å². The van der Waals surface area contributed by atoms with Gasteiger partial charge in [-0.05, 0) is 6.42 Å². The predicted molar refractivity (Wildman–Crippen MR) is 63.6 cm³/mol. The lowest BCUT2D eigenvalue weighted by molar-refractivity contribution is -0.139. The van der Waals surface area contributed by atoms with Crippen LogP contribution >= 0.6 is 0 Å². The molecule has 1 unspecified atom stereocenters. The van der Waals surface area contributed by atoms with E-state index in [1.165, 1.54) is 12.7 Å². The highest BCUT2D eigenvalue weighted by atomic mass is 16.4. The quantitative estimate of drug-likeness (QED) is 0.575. The summed E-state index contributed by atoms with van der Waals surface area (Å²) in [6.07, 6.45) is 2.37. The molecule has 0 saturated heterocycles. The van der Waals surface area contributed by atoms with Crippen molar-refractivity contribution in [1.29, 1.82) is 0 Å². The SMILES string of the molecule is O=C(O)CCC(Nc1ncnc2nc[nH]c12)C(=O)O. The van der Waals surface area contributed by atoms with Crippen LogP contribution in [0.25, 0.3) is 11.2 Å². The lowest BCUT2D eigenvalue weighted by Crippen LogP contribution is -2.30. The minimum absolute atomic E-state index is 0.0513. The van der Waals surface area contributed by atoms with Crippen molar-refractivity contribution in [2.24, 2.45) is 0 Å². The minimum atomic E-state index is -1.15. The lowest BCUT2D eigenvalue weighted by atomic mass is 10.1. The molecule has 2 aromatic heterocycles. The second kappa shape index (κ2) is 5.29. The van der Waals surface area contributed by atoms with Gasteiger partial charge in [-0.2, -0.15) is 0 Å². The highest BCUT2D eigenvalue weighted by molar-refractivity contribution is 5.85. The Labute approximate surface area is 106 Å². The van der Waals surface area contributed by atoms with Gasteiger partial charge in [-0.25, -0.2) is 19.7 Å². The number of fused-ring (bicyclic) bond motifs is 1. The second-order valence-electron chi connectivity index (χ2n) is 3.79. The molecule has 0 aliphatic heterocycles. The molecule has 2 rings (SSSR count). The Morgan fingerprint density at radius 2 is 2.11 bits per heavy atom. The first-order valence-corrected chi connectivity index (χ1v) is 5.43. The third-order valence-corrected chi connectivity index (χ3v) is 2.48. The van der Waals surface area contributed by atoms with Gasteiger partial charge in [0.15, 0.2) is 11.5 Å². The summed E-state index contributed by atoms with van der Waals surface area (Å²) in [6, 6.07) is -1.04. The summed E-state index contributed by atoms with van der Waals surface area (Å²) in [7, 11) is 0. The number of imidazole rings is 1. The predicted octanol–water partition coefficient (Wildman–Crippen LogP) is 0.0828. The van der Waals surface area contributed by atoms with Crippen LogP contribution in [0, 0.1) is 0 Å². The number of rotatable bonds is 6. The molecule has 0 aliphatic rings. The number of carboxylic acid groups (broad SMARTS) is 2. The molecule has 9 heteroatoms. The van der Waals surface area contributed by atoms with Gasteiger partial charge in [0.1, 0.15) is 17.9 Å². The maximum absolute atomic E-state index is 11.1. The number of aliphatic carboxylic acids is 2. The van der Waals surface area contributed by atoms with Gasteiger partial charge >= 0.3 is 11.9 Å². The first-order valence-electron chi connectivity index (χ1n) is 5.43. The fourth-order valence-corrected chi connectivity index (χ4v) is 1.56. The van der Waals surface area contributed by atoms with Crippen molar-refractivity contribution in [3.05, 3.63) is 12.7 Å². The molecule has 0 radical (unpaired) electrons. The van der Waals surface area contributed by atoms with E-state index in [4.69, 9.17) is 10.2 Å². The molecule has 0 saturated carbocycles. The average Bonchev–Trinajstić information content (AvgIpc) is 2.82. The standard InChI is InChI=1S/C10H11N5O4/c16-6(17)2-1-5(10(18)19)15-9-7-8(12-3-11-7)13-4-14-9/h3-5H,1-2H2,(H,16,17)(H,18,19)(H2,11,12,13,14,15). The number of nitrogens with one attached hydrogen (secondary N) is 2. The maximum atomic E-state index is 11.1. The van der Waals surface area contributed by atoms with Crippen molar-refractivity contribution in [3.63, 3.8) is 0 Å². The van der Waals surface area contributed by atoms with E-state index >= 15 is 0 Å². The number of carbonyl (C=O) groups is 2. The van der Waals surface area contributed by atoms with E-state index in [1.54, 1.807) is 0 Å². The zero-order valence-electron chi connectivity index (χ0n) is 9.70. The molecule has 1 atom stereocenters. The van der Waals surface area contributed by atoms with Crippen LogP contribution in [0.2, 0.25) is 0 Å².